The Kier molecular flexibility index (Phi) is 6.03. The molecule has 1 amide bonds. The van der Waals surface area contributed by atoms with Crippen molar-refractivity contribution in [3.63, 3.8) is 0 Å². The summed E-state index contributed by atoms with van der Waals surface area (Å²) >= 11 is 3.37. The summed E-state index contributed by atoms with van der Waals surface area (Å²) in [4.78, 5) is 27.9. The third-order valence-corrected chi connectivity index (χ3v) is 8.42. The van der Waals surface area contributed by atoms with Crippen LogP contribution in [-0.4, -0.2) is 72.0 Å². The standard InChI is InChI=1S/C22H28N6OS2.2H2/c1-27(2)14-5-9-28(13-14)10-6-19(29)26-22-20(15-3-7-24-12-18(15)31-22)21-25-16-11-23-8-4-17(16)30-21;;/h4,8,11,14,24H,3,5-7,9-10,12-13H2,1-2H3,(H,26,29);2*1H/t14-;;/m0../s1. The second-order valence-electron chi connectivity index (χ2n) is 8.50. The zero-order valence-corrected chi connectivity index (χ0v) is 19.6. The fourth-order valence-corrected chi connectivity index (χ4v) is 6.73. The number of pyridine rings is 1. The SMILES string of the molecule is CN(C)[C@H]1CCN(CCC(=O)Nc2sc3c(c2-c2nc4cnccc4s2)CCNC3)C1.[HH].[HH]. The minimum Gasteiger partial charge on any atom is -0.317 e. The summed E-state index contributed by atoms with van der Waals surface area (Å²) in [6, 6.07) is 2.60. The van der Waals surface area contributed by atoms with Crippen molar-refractivity contribution in [1.82, 2.24) is 25.1 Å². The summed E-state index contributed by atoms with van der Waals surface area (Å²) in [7, 11) is 4.27. The van der Waals surface area contributed by atoms with E-state index < -0.39 is 0 Å². The van der Waals surface area contributed by atoms with Crippen molar-refractivity contribution in [3.05, 3.63) is 28.9 Å². The molecule has 0 radical (unpaired) electrons. The van der Waals surface area contributed by atoms with Crippen molar-refractivity contribution in [2.45, 2.75) is 31.8 Å². The quantitative estimate of drug-likeness (QED) is 0.586. The molecular formula is C22H32N6OS2. The van der Waals surface area contributed by atoms with E-state index in [2.05, 4.69) is 39.5 Å². The Balaban J connectivity index is 0.00000153. The van der Waals surface area contributed by atoms with Crippen molar-refractivity contribution < 1.29 is 7.65 Å². The van der Waals surface area contributed by atoms with E-state index in [4.69, 9.17) is 4.98 Å². The van der Waals surface area contributed by atoms with E-state index in [1.54, 1.807) is 28.9 Å². The number of anilines is 1. The molecule has 31 heavy (non-hydrogen) atoms. The highest BCUT2D eigenvalue weighted by atomic mass is 32.1. The van der Waals surface area contributed by atoms with Crippen LogP contribution in [0.15, 0.2) is 18.5 Å². The maximum Gasteiger partial charge on any atom is 0.226 e. The van der Waals surface area contributed by atoms with E-state index >= 15 is 0 Å². The molecule has 0 bridgehead atoms. The predicted molar refractivity (Wildman–Crippen MR) is 132 cm³/mol. The summed E-state index contributed by atoms with van der Waals surface area (Å²) in [5.74, 6) is 0.0869. The predicted octanol–water partition coefficient (Wildman–Crippen LogP) is 3.52. The number of carbonyl (C=O) groups excluding carboxylic acids is 1. The Bertz CT molecular complexity index is 1070. The topological polar surface area (TPSA) is 73.4 Å². The lowest BCUT2D eigenvalue weighted by Crippen LogP contribution is -2.32. The fourth-order valence-electron chi connectivity index (χ4n) is 4.42. The van der Waals surface area contributed by atoms with Gasteiger partial charge in [-0.05, 0) is 51.7 Å². The number of nitrogens with one attached hydrogen (secondary N) is 2. The molecular weight excluding hydrogens is 428 g/mol. The maximum atomic E-state index is 12.9. The summed E-state index contributed by atoms with van der Waals surface area (Å²) in [5, 5.41) is 8.60. The summed E-state index contributed by atoms with van der Waals surface area (Å²) in [6.45, 7) is 4.74. The zero-order valence-electron chi connectivity index (χ0n) is 18.0. The van der Waals surface area contributed by atoms with Gasteiger partial charge in [0.25, 0.3) is 0 Å². The van der Waals surface area contributed by atoms with E-state index in [1.807, 2.05) is 12.3 Å². The van der Waals surface area contributed by atoms with Gasteiger partial charge in [0, 0.05) is 51.6 Å². The maximum absolute atomic E-state index is 12.9. The average Bonchev–Trinajstić information content (AvgIpc) is 3.48. The largest absolute Gasteiger partial charge is 0.317 e. The molecule has 2 aliphatic rings. The third-order valence-electron chi connectivity index (χ3n) is 6.22. The first-order valence-corrected chi connectivity index (χ1v) is 12.5. The zero-order chi connectivity index (χ0) is 21.4. The number of rotatable bonds is 6. The lowest BCUT2D eigenvalue weighted by molar-refractivity contribution is -0.116. The van der Waals surface area contributed by atoms with Gasteiger partial charge in [0.1, 0.15) is 15.5 Å². The van der Waals surface area contributed by atoms with Crippen LogP contribution in [0.1, 0.15) is 26.1 Å². The molecule has 0 saturated carbocycles. The number of nitrogens with zero attached hydrogens (tertiary/aromatic N) is 4. The van der Waals surface area contributed by atoms with Gasteiger partial charge in [-0.25, -0.2) is 4.98 Å². The molecule has 0 aliphatic carbocycles. The van der Waals surface area contributed by atoms with Crippen LogP contribution in [0.3, 0.4) is 0 Å². The number of aromatic nitrogens is 2. The van der Waals surface area contributed by atoms with Gasteiger partial charge in [-0.2, -0.15) is 0 Å². The first kappa shape index (κ1) is 21.0. The van der Waals surface area contributed by atoms with E-state index in [0.717, 1.165) is 64.9 Å². The molecule has 9 heteroatoms. The number of fused-ring (bicyclic) bond motifs is 2. The third kappa shape index (κ3) is 4.38. The molecule has 0 spiro atoms. The van der Waals surface area contributed by atoms with Crippen molar-refractivity contribution in [2.24, 2.45) is 0 Å². The van der Waals surface area contributed by atoms with Crippen molar-refractivity contribution in [1.29, 1.82) is 0 Å². The Morgan fingerprint density at radius 1 is 1.42 bits per heavy atom. The lowest BCUT2D eigenvalue weighted by atomic mass is 10.0. The van der Waals surface area contributed by atoms with Crippen LogP contribution in [-0.2, 0) is 17.8 Å². The van der Waals surface area contributed by atoms with Gasteiger partial charge in [-0.15, -0.1) is 22.7 Å². The number of carbonyl (C=O) groups is 1. The fraction of sp³-hybridized carbons (Fsp3) is 0.500. The van der Waals surface area contributed by atoms with Crippen LogP contribution < -0.4 is 10.6 Å². The van der Waals surface area contributed by atoms with Gasteiger partial charge in [-0.1, -0.05) is 0 Å². The molecule has 7 nitrogen and oxygen atoms in total. The first-order chi connectivity index (χ1) is 15.1. The number of thiophene rings is 1. The normalized spacial score (nSPS) is 19.3. The molecule has 3 aromatic heterocycles. The van der Waals surface area contributed by atoms with E-state index in [0.29, 0.717) is 12.5 Å². The number of hydrogen-bond donors (Lipinski definition) is 2. The van der Waals surface area contributed by atoms with E-state index in [9.17, 15) is 4.79 Å². The van der Waals surface area contributed by atoms with Crippen LogP contribution in [0.25, 0.3) is 20.8 Å². The van der Waals surface area contributed by atoms with Crippen molar-refractivity contribution >= 4 is 43.8 Å². The van der Waals surface area contributed by atoms with E-state index in [-0.39, 0.29) is 8.76 Å². The van der Waals surface area contributed by atoms with Crippen molar-refractivity contribution in [2.75, 3.05) is 45.6 Å². The Morgan fingerprint density at radius 3 is 3.13 bits per heavy atom. The van der Waals surface area contributed by atoms with Crippen molar-refractivity contribution in [3.8, 4) is 10.6 Å². The monoisotopic (exact) mass is 460 g/mol. The number of hydrogen-bond acceptors (Lipinski definition) is 8. The molecule has 0 aromatic carbocycles. The molecule has 0 unspecified atom stereocenters. The van der Waals surface area contributed by atoms with Crippen LogP contribution in [0.4, 0.5) is 5.00 Å². The number of likely N-dealkylation sites (N-methyl/N-ethyl adjacent to an activating group) is 1. The molecule has 5 heterocycles. The lowest BCUT2D eigenvalue weighted by Gasteiger charge is -2.20. The molecule has 1 saturated heterocycles. The molecule has 2 N–H and O–H groups in total. The highest BCUT2D eigenvalue weighted by Gasteiger charge is 2.26. The smallest absolute Gasteiger partial charge is 0.226 e. The second-order valence-corrected chi connectivity index (χ2v) is 10.6. The van der Waals surface area contributed by atoms with Gasteiger partial charge in [-0.3, -0.25) is 9.78 Å². The Labute approximate surface area is 193 Å². The minimum atomic E-state index is 0. The van der Waals surface area contributed by atoms with Gasteiger partial charge in [0.05, 0.1) is 10.9 Å². The summed E-state index contributed by atoms with van der Waals surface area (Å²) < 4.78 is 1.13. The Morgan fingerprint density at radius 2 is 2.32 bits per heavy atom. The number of amides is 1. The highest BCUT2D eigenvalue weighted by Crippen LogP contribution is 2.44. The molecule has 1 fully saturated rings. The van der Waals surface area contributed by atoms with E-state index in [1.165, 1.54) is 16.9 Å². The van der Waals surface area contributed by atoms with Crippen LogP contribution in [0, 0.1) is 0 Å². The highest BCUT2D eigenvalue weighted by molar-refractivity contribution is 7.22. The van der Waals surface area contributed by atoms with Crippen LogP contribution in [0.2, 0.25) is 0 Å². The molecule has 1 atom stereocenters. The van der Waals surface area contributed by atoms with Crippen LogP contribution >= 0.6 is 22.7 Å². The molecule has 3 aromatic rings. The Hall–Kier alpha value is -1.91. The van der Waals surface area contributed by atoms with Gasteiger partial charge >= 0.3 is 0 Å². The minimum absolute atomic E-state index is 0. The summed E-state index contributed by atoms with van der Waals surface area (Å²) in [5.41, 5.74) is 3.36. The first-order valence-electron chi connectivity index (χ1n) is 10.8. The number of likely N-dealkylation sites (tertiary alicyclic amines) is 1. The summed E-state index contributed by atoms with van der Waals surface area (Å²) in [6.07, 6.45) is 6.27. The average molecular weight is 461 g/mol. The van der Waals surface area contributed by atoms with Gasteiger partial charge in [0.15, 0.2) is 0 Å². The second kappa shape index (κ2) is 8.91. The van der Waals surface area contributed by atoms with Crippen LogP contribution in [0.5, 0.6) is 0 Å². The molecule has 5 rings (SSSR count). The van der Waals surface area contributed by atoms with Gasteiger partial charge < -0.3 is 20.4 Å². The number of thiazole rings is 1. The van der Waals surface area contributed by atoms with Gasteiger partial charge in [0.2, 0.25) is 5.91 Å². The molecule has 2 aliphatic heterocycles. The molecule has 168 valence electrons.